The first-order chi connectivity index (χ1) is 10.8. The maximum Gasteiger partial charge on any atom is 0.220 e. The summed E-state index contributed by atoms with van der Waals surface area (Å²) >= 11 is 0. The van der Waals surface area contributed by atoms with E-state index in [1.807, 2.05) is 18.7 Å². The van der Waals surface area contributed by atoms with Crippen LogP contribution in [0.2, 0.25) is 0 Å². The van der Waals surface area contributed by atoms with Gasteiger partial charge < -0.3 is 5.32 Å². The molecule has 23 heavy (non-hydrogen) atoms. The Kier molecular flexibility index (Phi) is 5.84. The number of nitrogens with zero attached hydrogens (tertiary/aromatic N) is 3. The van der Waals surface area contributed by atoms with Gasteiger partial charge in [0.05, 0.1) is 5.69 Å². The molecule has 1 aliphatic rings. The van der Waals surface area contributed by atoms with Gasteiger partial charge in [-0.3, -0.25) is 14.4 Å². The molecule has 1 aromatic heterocycles. The molecule has 2 heterocycles. The minimum Gasteiger partial charge on any atom is -0.354 e. The zero-order chi connectivity index (χ0) is 17.0. The van der Waals surface area contributed by atoms with Crippen LogP contribution in [0.25, 0.3) is 0 Å². The minimum absolute atomic E-state index is 0.0379. The van der Waals surface area contributed by atoms with Gasteiger partial charge in [0.15, 0.2) is 0 Å². The standard InChI is InChI=1S/C18H32N4O/c1-14-16(15(2)21(5)20-14)9-10-17(23)19-13-18(3,4)22-11-7-6-8-12-22/h6-13H2,1-5H3,(H,19,23). The Morgan fingerprint density at radius 2 is 1.87 bits per heavy atom. The predicted octanol–water partition coefficient (Wildman–Crippen LogP) is 2.35. The largest absolute Gasteiger partial charge is 0.354 e. The molecule has 130 valence electrons. The van der Waals surface area contributed by atoms with Gasteiger partial charge in [-0.15, -0.1) is 0 Å². The van der Waals surface area contributed by atoms with E-state index in [-0.39, 0.29) is 11.4 Å². The van der Waals surface area contributed by atoms with Crippen molar-refractivity contribution in [2.45, 2.75) is 65.3 Å². The molecular weight excluding hydrogens is 288 g/mol. The number of piperidine rings is 1. The smallest absolute Gasteiger partial charge is 0.220 e. The van der Waals surface area contributed by atoms with E-state index in [1.165, 1.54) is 24.8 Å². The van der Waals surface area contributed by atoms with Crippen molar-refractivity contribution < 1.29 is 4.79 Å². The molecular formula is C18H32N4O. The van der Waals surface area contributed by atoms with Crippen molar-refractivity contribution in [1.29, 1.82) is 0 Å². The van der Waals surface area contributed by atoms with Gasteiger partial charge in [0.25, 0.3) is 0 Å². The van der Waals surface area contributed by atoms with E-state index in [4.69, 9.17) is 0 Å². The number of amides is 1. The first kappa shape index (κ1) is 18.0. The summed E-state index contributed by atoms with van der Waals surface area (Å²) in [6.45, 7) is 11.6. The van der Waals surface area contributed by atoms with Gasteiger partial charge in [-0.2, -0.15) is 5.10 Å². The van der Waals surface area contributed by atoms with E-state index in [9.17, 15) is 4.79 Å². The van der Waals surface area contributed by atoms with Crippen LogP contribution in [0, 0.1) is 13.8 Å². The van der Waals surface area contributed by atoms with Crippen LogP contribution in [0.5, 0.6) is 0 Å². The Labute approximate surface area is 140 Å². The van der Waals surface area contributed by atoms with Crippen molar-refractivity contribution in [2.24, 2.45) is 7.05 Å². The topological polar surface area (TPSA) is 50.2 Å². The van der Waals surface area contributed by atoms with Gasteiger partial charge >= 0.3 is 0 Å². The Hall–Kier alpha value is -1.36. The third kappa shape index (κ3) is 4.56. The van der Waals surface area contributed by atoms with E-state index in [1.54, 1.807) is 0 Å². The molecule has 1 saturated heterocycles. The summed E-state index contributed by atoms with van der Waals surface area (Å²) in [6.07, 6.45) is 5.18. The molecule has 1 fully saturated rings. The minimum atomic E-state index is 0.0379. The Balaban J connectivity index is 1.80. The van der Waals surface area contributed by atoms with Crippen molar-refractivity contribution in [3.8, 4) is 0 Å². The zero-order valence-electron chi connectivity index (χ0n) is 15.4. The molecule has 2 rings (SSSR count). The summed E-state index contributed by atoms with van der Waals surface area (Å²) in [7, 11) is 1.95. The number of hydrogen-bond acceptors (Lipinski definition) is 3. The van der Waals surface area contributed by atoms with E-state index in [0.717, 1.165) is 37.4 Å². The van der Waals surface area contributed by atoms with Crippen molar-refractivity contribution in [3.05, 3.63) is 17.0 Å². The lowest BCUT2D eigenvalue weighted by Crippen LogP contribution is -2.53. The zero-order valence-corrected chi connectivity index (χ0v) is 15.4. The molecule has 5 heteroatoms. The monoisotopic (exact) mass is 320 g/mol. The third-order valence-electron chi connectivity index (χ3n) is 5.19. The first-order valence-electron chi connectivity index (χ1n) is 8.82. The summed E-state index contributed by atoms with van der Waals surface area (Å²) in [5.74, 6) is 0.137. The SMILES string of the molecule is Cc1nn(C)c(C)c1CCC(=O)NCC(C)(C)N1CCCCC1. The normalized spacial score (nSPS) is 16.6. The molecule has 0 aromatic carbocycles. The average Bonchev–Trinajstić information content (AvgIpc) is 2.77. The second-order valence-corrected chi connectivity index (χ2v) is 7.41. The number of rotatable bonds is 6. The molecule has 0 unspecified atom stereocenters. The molecule has 1 aliphatic heterocycles. The van der Waals surface area contributed by atoms with Crippen molar-refractivity contribution in [2.75, 3.05) is 19.6 Å². The number of aryl methyl sites for hydroxylation is 2. The number of carbonyl (C=O) groups is 1. The van der Waals surface area contributed by atoms with E-state index >= 15 is 0 Å². The number of aromatic nitrogens is 2. The highest BCUT2D eigenvalue weighted by Gasteiger charge is 2.28. The van der Waals surface area contributed by atoms with Gasteiger partial charge in [-0.25, -0.2) is 0 Å². The fourth-order valence-electron chi connectivity index (χ4n) is 3.43. The number of likely N-dealkylation sites (tertiary alicyclic amines) is 1. The molecule has 0 spiro atoms. The highest BCUT2D eigenvalue weighted by atomic mass is 16.1. The van der Waals surface area contributed by atoms with Gasteiger partial charge in [0.1, 0.15) is 0 Å². The molecule has 0 bridgehead atoms. The van der Waals surface area contributed by atoms with Crippen molar-refractivity contribution >= 4 is 5.91 Å². The summed E-state index contributed by atoms with van der Waals surface area (Å²) in [4.78, 5) is 14.7. The fourth-order valence-corrected chi connectivity index (χ4v) is 3.43. The van der Waals surface area contributed by atoms with Crippen molar-refractivity contribution in [3.63, 3.8) is 0 Å². The quantitative estimate of drug-likeness (QED) is 0.875. The maximum absolute atomic E-state index is 12.2. The summed E-state index contributed by atoms with van der Waals surface area (Å²) in [5.41, 5.74) is 3.43. The number of carbonyl (C=O) groups excluding carboxylic acids is 1. The fraction of sp³-hybridized carbons (Fsp3) is 0.778. The van der Waals surface area contributed by atoms with Gasteiger partial charge in [-0.1, -0.05) is 6.42 Å². The highest BCUT2D eigenvalue weighted by Crippen LogP contribution is 2.20. The molecule has 1 aromatic rings. The predicted molar refractivity (Wildman–Crippen MR) is 93.5 cm³/mol. The number of nitrogens with one attached hydrogen (secondary N) is 1. The van der Waals surface area contributed by atoms with Crippen LogP contribution < -0.4 is 5.32 Å². The Bertz CT molecular complexity index is 541. The molecule has 1 N–H and O–H groups in total. The van der Waals surface area contributed by atoms with Crippen LogP contribution in [-0.4, -0.2) is 45.8 Å². The van der Waals surface area contributed by atoms with Crippen molar-refractivity contribution in [1.82, 2.24) is 20.0 Å². The van der Waals surface area contributed by atoms with Crippen LogP contribution in [0.4, 0.5) is 0 Å². The molecule has 1 amide bonds. The van der Waals surface area contributed by atoms with E-state index in [0.29, 0.717) is 6.42 Å². The lowest BCUT2D eigenvalue weighted by atomic mass is 9.98. The molecule has 0 radical (unpaired) electrons. The first-order valence-corrected chi connectivity index (χ1v) is 8.82. The molecule has 0 aliphatic carbocycles. The molecule has 5 nitrogen and oxygen atoms in total. The second-order valence-electron chi connectivity index (χ2n) is 7.41. The summed E-state index contributed by atoms with van der Waals surface area (Å²) in [5, 5.41) is 7.54. The third-order valence-corrected chi connectivity index (χ3v) is 5.19. The van der Waals surface area contributed by atoms with E-state index in [2.05, 4.69) is 36.1 Å². The Morgan fingerprint density at radius 3 is 2.43 bits per heavy atom. The molecule has 0 saturated carbocycles. The molecule has 0 atom stereocenters. The second kappa shape index (κ2) is 7.47. The van der Waals surface area contributed by atoms with E-state index < -0.39 is 0 Å². The Morgan fingerprint density at radius 1 is 1.22 bits per heavy atom. The van der Waals surface area contributed by atoms with Crippen LogP contribution in [0.3, 0.4) is 0 Å². The van der Waals surface area contributed by atoms with Crippen LogP contribution in [-0.2, 0) is 18.3 Å². The lowest BCUT2D eigenvalue weighted by molar-refractivity contribution is -0.121. The van der Waals surface area contributed by atoms with Crippen LogP contribution in [0.1, 0.15) is 56.5 Å². The van der Waals surface area contributed by atoms with Gasteiger partial charge in [0, 0.05) is 31.2 Å². The average molecular weight is 320 g/mol. The van der Waals surface area contributed by atoms with Crippen LogP contribution >= 0.6 is 0 Å². The summed E-state index contributed by atoms with van der Waals surface area (Å²) < 4.78 is 1.89. The maximum atomic E-state index is 12.2. The highest BCUT2D eigenvalue weighted by molar-refractivity contribution is 5.76. The van der Waals surface area contributed by atoms with Crippen LogP contribution in [0.15, 0.2) is 0 Å². The van der Waals surface area contributed by atoms with Gasteiger partial charge in [-0.05, 0) is 65.6 Å². The number of hydrogen-bond donors (Lipinski definition) is 1. The lowest BCUT2D eigenvalue weighted by Gasteiger charge is -2.41. The van der Waals surface area contributed by atoms with Gasteiger partial charge in [0.2, 0.25) is 5.91 Å². The summed E-state index contributed by atoms with van der Waals surface area (Å²) in [6, 6.07) is 0.